The summed E-state index contributed by atoms with van der Waals surface area (Å²) in [6.07, 6.45) is 30.9. The van der Waals surface area contributed by atoms with Crippen molar-refractivity contribution in [2.24, 2.45) is 11.8 Å². The molecule has 1 heterocycles. The Morgan fingerprint density at radius 2 is 1.38 bits per heavy atom. The lowest BCUT2D eigenvalue weighted by molar-refractivity contribution is 0.229. The van der Waals surface area contributed by atoms with Gasteiger partial charge in [-0.15, -0.1) is 0 Å². The maximum absolute atomic E-state index is 6.37. The average Bonchev–Trinajstić information content (AvgIpc) is 1.64. The minimum absolute atomic E-state index is 0.104. The van der Waals surface area contributed by atoms with E-state index in [9.17, 15) is 0 Å². The summed E-state index contributed by atoms with van der Waals surface area (Å²) < 4.78 is 6.37. The van der Waals surface area contributed by atoms with Crippen LogP contribution in [0.25, 0.3) is 28.9 Å². The van der Waals surface area contributed by atoms with E-state index < -0.39 is 0 Å². The van der Waals surface area contributed by atoms with Gasteiger partial charge < -0.3 is 14.5 Å². The fourth-order valence-corrected chi connectivity index (χ4v) is 14.9. The van der Waals surface area contributed by atoms with Crippen LogP contribution in [0.3, 0.4) is 0 Å². The molecule has 0 aromatic heterocycles. The average molecular weight is 1120 g/mol. The molecule has 6 unspecified atom stereocenters. The number of allylic oxidation sites excluding steroid dienone is 9. The number of rotatable bonds is 19. The molecule has 5 aliphatic rings. The number of nitrogens with zero attached hydrogens (tertiary/aromatic N) is 2. The molecule has 6 atom stereocenters. The molecule has 13 rings (SSSR count). The van der Waals surface area contributed by atoms with Crippen molar-refractivity contribution in [3.8, 4) is 16.9 Å². The fraction of sp³-hybridized carbons (Fsp3) is 0.253. The monoisotopic (exact) mass is 1120 g/mol. The van der Waals surface area contributed by atoms with Crippen LogP contribution < -0.4 is 14.5 Å². The van der Waals surface area contributed by atoms with Gasteiger partial charge in [-0.05, 0) is 195 Å². The van der Waals surface area contributed by atoms with E-state index in [2.05, 4.69) is 287 Å². The Labute approximate surface area is 512 Å². The summed E-state index contributed by atoms with van der Waals surface area (Å²) in [7, 11) is 0. The molecule has 8 aromatic carbocycles. The highest BCUT2D eigenvalue weighted by molar-refractivity contribution is 5.84. The highest BCUT2D eigenvalue weighted by Crippen LogP contribution is 2.61. The van der Waals surface area contributed by atoms with Crippen LogP contribution in [0.2, 0.25) is 0 Å². The van der Waals surface area contributed by atoms with Gasteiger partial charge in [0.2, 0.25) is 0 Å². The topological polar surface area (TPSA) is 15.7 Å². The molecule has 86 heavy (non-hydrogen) atoms. The molecule has 0 saturated heterocycles. The van der Waals surface area contributed by atoms with Crippen molar-refractivity contribution in [1.29, 1.82) is 0 Å². The largest absolute Gasteiger partial charge is 0.493 e. The zero-order chi connectivity index (χ0) is 58.8. The number of fused-ring (bicyclic) bond motifs is 6. The molecule has 0 N–H and O–H groups in total. The standard InChI is InChI=1S/C83H82N2O/c1-7-58-27-31-61(32-28-58)62-35-45-71(46-36-62)85-80-51-39-65(63-33-41-67(42-34-63)82(4,5)6)54-76(80)77-55-66(40-52-81(77)85)64-37-43-70(44-38-64)84(69-23-14-11-15-24-69)72-47-50-75-74-25-16-17-26-78(74)83(79(75)56-72,68-21-12-10-13-22-68)53-19-18-20-60(9-3)57-86-73-48-29-59(8-2)30-49-73/h7-8,10-15,17,21-24,26-37,39-52,55-56,60,64,74,76,78H,1-2,9,16,18-20,25,38,53-54,57H2,3-6H3. The maximum atomic E-state index is 6.37. The zero-order valence-electron chi connectivity index (χ0n) is 50.8. The van der Waals surface area contributed by atoms with E-state index in [-0.39, 0.29) is 22.7 Å². The Balaban J connectivity index is 0.799. The number of benzene rings is 8. The van der Waals surface area contributed by atoms with Gasteiger partial charge in [-0.2, -0.15) is 0 Å². The number of para-hydroxylation sites is 1. The third-order valence-corrected chi connectivity index (χ3v) is 19.7. The SMILES string of the molecule is C=Cc1ccc(OCC(CC)CCCCC2(c3ccccc3)c3cc(N(C4=CCC(c5ccc6c(c5)C5CC(c7ccc(C(C)(C)C)cc7)=CC=C5N6c5ccc(-c6ccc(C=C)cc6)cc5)C=C4)c4ccccc4)ccc3C3CCC=CC32)cc1. The summed E-state index contributed by atoms with van der Waals surface area (Å²) in [6, 6.07) is 73.0. The number of unbranched alkanes of at least 4 members (excludes halogenated alkanes) is 1. The highest BCUT2D eigenvalue weighted by Gasteiger charge is 2.52. The predicted octanol–water partition coefficient (Wildman–Crippen LogP) is 22.3. The first-order chi connectivity index (χ1) is 42.1. The number of hydrogen-bond donors (Lipinski definition) is 0. The Hall–Kier alpha value is -8.66. The summed E-state index contributed by atoms with van der Waals surface area (Å²) in [6.45, 7) is 17.8. The summed E-state index contributed by atoms with van der Waals surface area (Å²) >= 11 is 0. The summed E-state index contributed by atoms with van der Waals surface area (Å²) in [4.78, 5) is 5.05. The molecule has 0 radical (unpaired) electrons. The van der Waals surface area contributed by atoms with Gasteiger partial charge in [0.15, 0.2) is 0 Å². The van der Waals surface area contributed by atoms with Gasteiger partial charge in [0.25, 0.3) is 0 Å². The molecule has 0 saturated carbocycles. The number of ether oxygens (including phenoxy) is 1. The van der Waals surface area contributed by atoms with Gasteiger partial charge in [-0.25, -0.2) is 0 Å². The fourth-order valence-electron chi connectivity index (χ4n) is 14.9. The first-order valence-corrected chi connectivity index (χ1v) is 31.8. The minimum atomic E-state index is -0.144. The zero-order valence-corrected chi connectivity index (χ0v) is 50.8. The van der Waals surface area contributed by atoms with Crippen molar-refractivity contribution in [3.05, 3.63) is 311 Å². The van der Waals surface area contributed by atoms with Crippen molar-refractivity contribution in [2.75, 3.05) is 16.4 Å². The third-order valence-electron chi connectivity index (χ3n) is 19.7. The first kappa shape index (κ1) is 56.5. The van der Waals surface area contributed by atoms with E-state index in [0.29, 0.717) is 17.8 Å². The van der Waals surface area contributed by atoms with E-state index in [4.69, 9.17) is 4.74 Å². The van der Waals surface area contributed by atoms with Crippen molar-refractivity contribution in [2.45, 2.75) is 114 Å². The highest BCUT2D eigenvalue weighted by atomic mass is 16.5. The summed E-state index contributed by atoms with van der Waals surface area (Å²) in [5.74, 6) is 2.80. The van der Waals surface area contributed by atoms with E-state index in [1.54, 1.807) is 0 Å². The first-order valence-electron chi connectivity index (χ1n) is 31.8. The van der Waals surface area contributed by atoms with Crippen molar-refractivity contribution in [1.82, 2.24) is 0 Å². The molecule has 4 aliphatic carbocycles. The Bertz CT molecular complexity index is 3890. The molecule has 8 aromatic rings. The maximum Gasteiger partial charge on any atom is 0.119 e. The molecule has 430 valence electrons. The van der Waals surface area contributed by atoms with E-state index in [0.717, 1.165) is 68.4 Å². The van der Waals surface area contributed by atoms with Crippen LogP contribution in [0.15, 0.2) is 261 Å². The normalized spacial score (nSPS) is 20.4. The predicted molar refractivity (Wildman–Crippen MR) is 365 cm³/mol. The minimum Gasteiger partial charge on any atom is -0.493 e. The van der Waals surface area contributed by atoms with E-state index in [1.807, 2.05) is 12.2 Å². The van der Waals surface area contributed by atoms with E-state index in [1.165, 1.54) is 103 Å². The molecular formula is C83H82N2O. The molecule has 0 bridgehead atoms. The molecule has 0 spiro atoms. The molecule has 3 nitrogen and oxygen atoms in total. The number of hydrogen-bond acceptors (Lipinski definition) is 3. The van der Waals surface area contributed by atoms with Crippen LogP contribution in [0.5, 0.6) is 5.75 Å². The van der Waals surface area contributed by atoms with Crippen LogP contribution in [0.4, 0.5) is 22.7 Å². The second kappa shape index (κ2) is 24.4. The smallest absolute Gasteiger partial charge is 0.119 e. The Morgan fingerprint density at radius 3 is 2.07 bits per heavy atom. The van der Waals surface area contributed by atoms with Crippen LogP contribution in [0.1, 0.15) is 153 Å². The van der Waals surface area contributed by atoms with Crippen molar-refractivity contribution < 1.29 is 4.74 Å². The van der Waals surface area contributed by atoms with Crippen LogP contribution in [-0.4, -0.2) is 6.61 Å². The van der Waals surface area contributed by atoms with Crippen molar-refractivity contribution >= 4 is 40.5 Å². The van der Waals surface area contributed by atoms with Crippen LogP contribution in [0, 0.1) is 11.8 Å². The van der Waals surface area contributed by atoms with Gasteiger partial charge in [0, 0.05) is 51.4 Å². The molecular weight excluding hydrogens is 1040 g/mol. The summed E-state index contributed by atoms with van der Waals surface area (Å²) in [5.41, 5.74) is 23.4. The Morgan fingerprint density at radius 1 is 0.686 bits per heavy atom. The molecule has 3 heteroatoms. The lowest BCUT2D eigenvalue weighted by atomic mass is 9.63. The lowest BCUT2D eigenvalue weighted by Crippen LogP contribution is -2.34. The summed E-state index contributed by atoms with van der Waals surface area (Å²) in [5, 5.41) is 0. The lowest BCUT2D eigenvalue weighted by Gasteiger charge is -2.39. The Kier molecular flexibility index (Phi) is 16.0. The van der Waals surface area contributed by atoms with Crippen molar-refractivity contribution in [3.63, 3.8) is 0 Å². The number of anilines is 4. The van der Waals surface area contributed by atoms with Gasteiger partial charge >= 0.3 is 0 Å². The van der Waals surface area contributed by atoms with E-state index >= 15 is 0 Å². The van der Waals surface area contributed by atoms with Crippen LogP contribution >= 0.6 is 0 Å². The molecule has 1 aliphatic heterocycles. The second-order valence-electron chi connectivity index (χ2n) is 25.7. The van der Waals surface area contributed by atoms with Crippen LogP contribution in [-0.2, 0) is 10.8 Å². The third kappa shape index (κ3) is 11.0. The van der Waals surface area contributed by atoms with Gasteiger partial charge in [0.1, 0.15) is 5.75 Å². The second-order valence-corrected chi connectivity index (χ2v) is 25.7. The quantitative estimate of drug-likeness (QED) is 0.0593. The molecule has 0 amide bonds. The van der Waals surface area contributed by atoms with Gasteiger partial charge in [-0.3, -0.25) is 0 Å². The van der Waals surface area contributed by atoms with Gasteiger partial charge in [-0.1, -0.05) is 242 Å². The molecule has 0 fully saturated rings. The van der Waals surface area contributed by atoms with Gasteiger partial charge in [0.05, 0.1) is 6.61 Å².